The van der Waals surface area contributed by atoms with E-state index in [-0.39, 0.29) is 12.8 Å². The van der Waals surface area contributed by atoms with Crippen LogP contribution in [0, 0.1) is 20.8 Å². The summed E-state index contributed by atoms with van der Waals surface area (Å²) in [6.07, 6.45) is 1.89. The number of hydrogen-bond donors (Lipinski definition) is 1. The standard InChI is InChI=1S/C29H31NO6/c1-5-6-12-23(28(32)33)30-24(31)14-13-20-16(2)21-15-22-25(19-10-8-7-9-11-19)18(4)35-27(22)17(3)26(21)36-29(20)34/h7-11,15,23H,5-6,12-14H2,1-4H3,(H,30,31)(H,32,33)/p-1/t23-/m1/s1. The normalized spacial score (nSPS) is 12.2. The molecule has 0 unspecified atom stereocenters. The Kier molecular flexibility index (Phi) is 7.29. The molecule has 0 bridgehead atoms. The van der Waals surface area contributed by atoms with Crippen LogP contribution in [0.15, 0.2) is 50.0 Å². The zero-order valence-corrected chi connectivity index (χ0v) is 21.0. The van der Waals surface area contributed by atoms with Crippen molar-refractivity contribution in [3.63, 3.8) is 0 Å². The quantitative estimate of drug-likeness (QED) is 0.348. The zero-order valence-electron chi connectivity index (χ0n) is 21.0. The molecule has 2 heterocycles. The van der Waals surface area contributed by atoms with E-state index in [1.54, 1.807) is 0 Å². The third kappa shape index (κ3) is 4.78. The second kappa shape index (κ2) is 10.4. The van der Waals surface area contributed by atoms with Gasteiger partial charge in [0, 0.05) is 33.9 Å². The van der Waals surface area contributed by atoms with E-state index in [9.17, 15) is 19.5 Å². The van der Waals surface area contributed by atoms with Crippen LogP contribution in [0.4, 0.5) is 0 Å². The van der Waals surface area contributed by atoms with E-state index in [1.807, 2.05) is 64.1 Å². The van der Waals surface area contributed by atoms with Gasteiger partial charge in [-0.3, -0.25) is 4.79 Å². The molecule has 4 aromatic rings. The number of benzene rings is 2. The van der Waals surface area contributed by atoms with E-state index < -0.39 is 23.5 Å². The number of amides is 1. The molecule has 0 saturated carbocycles. The molecule has 4 rings (SSSR count). The van der Waals surface area contributed by atoms with Crippen LogP contribution >= 0.6 is 0 Å². The highest BCUT2D eigenvalue weighted by Gasteiger charge is 2.21. The molecular weight excluding hydrogens is 458 g/mol. The first-order valence-corrected chi connectivity index (χ1v) is 12.3. The second-order valence-electron chi connectivity index (χ2n) is 9.23. The third-order valence-corrected chi connectivity index (χ3v) is 6.76. The Labute approximate surface area is 209 Å². The van der Waals surface area contributed by atoms with E-state index in [0.717, 1.165) is 45.2 Å². The first-order chi connectivity index (χ1) is 17.2. The maximum atomic E-state index is 12.9. The molecule has 0 fully saturated rings. The number of unbranched alkanes of at least 4 members (excludes halogenated alkanes) is 1. The molecule has 36 heavy (non-hydrogen) atoms. The monoisotopic (exact) mass is 488 g/mol. The van der Waals surface area contributed by atoms with Gasteiger partial charge < -0.3 is 24.1 Å². The largest absolute Gasteiger partial charge is 0.548 e. The fourth-order valence-electron chi connectivity index (χ4n) is 4.79. The molecule has 1 atom stereocenters. The van der Waals surface area contributed by atoms with E-state index >= 15 is 0 Å². The van der Waals surface area contributed by atoms with Crippen molar-refractivity contribution < 1.29 is 23.5 Å². The number of carbonyl (C=O) groups excluding carboxylic acids is 2. The highest BCUT2D eigenvalue weighted by molar-refractivity contribution is 6.05. The van der Waals surface area contributed by atoms with Crippen LogP contribution in [0.3, 0.4) is 0 Å². The van der Waals surface area contributed by atoms with E-state index in [1.165, 1.54) is 0 Å². The van der Waals surface area contributed by atoms with Gasteiger partial charge in [0.05, 0.1) is 12.0 Å². The van der Waals surface area contributed by atoms with E-state index in [2.05, 4.69) is 5.32 Å². The predicted molar refractivity (Wildman–Crippen MR) is 137 cm³/mol. The summed E-state index contributed by atoms with van der Waals surface area (Å²) >= 11 is 0. The maximum absolute atomic E-state index is 12.9. The fourth-order valence-corrected chi connectivity index (χ4v) is 4.79. The summed E-state index contributed by atoms with van der Waals surface area (Å²) in [6, 6.07) is 10.9. The third-order valence-electron chi connectivity index (χ3n) is 6.76. The number of aryl methyl sites for hydroxylation is 3. The summed E-state index contributed by atoms with van der Waals surface area (Å²) < 4.78 is 11.8. The van der Waals surface area contributed by atoms with Crippen LogP contribution in [-0.4, -0.2) is 17.9 Å². The SMILES string of the molecule is CCCC[C@@H](NC(=O)CCc1c(C)c2cc3c(-c4ccccc4)c(C)oc3c(C)c2oc1=O)C(=O)[O-]. The van der Waals surface area contributed by atoms with Gasteiger partial charge in [0.1, 0.15) is 16.9 Å². The summed E-state index contributed by atoms with van der Waals surface area (Å²) in [6.45, 7) is 7.57. The minimum absolute atomic E-state index is 0.0334. The summed E-state index contributed by atoms with van der Waals surface area (Å²) in [4.78, 5) is 36.7. The van der Waals surface area contributed by atoms with Gasteiger partial charge in [-0.15, -0.1) is 0 Å². The Morgan fingerprint density at radius 3 is 2.36 bits per heavy atom. The number of carboxylic acid groups (broad SMARTS) is 1. The number of carboxylic acids is 1. The highest BCUT2D eigenvalue weighted by Crippen LogP contribution is 2.39. The lowest BCUT2D eigenvalue weighted by atomic mass is 9.96. The molecule has 0 aliphatic carbocycles. The smallest absolute Gasteiger partial charge is 0.339 e. The van der Waals surface area contributed by atoms with Gasteiger partial charge in [0.2, 0.25) is 5.91 Å². The molecule has 0 aliphatic heterocycles. The van der Waals surface area contributed by atoms with Crippen molar-refractivity contribution in [1.29, 1.82) is 0 Å². The van der Waals surface area contributed by atoms with Crippen molar-refractivity contribution in [3.8, 4) is 11.1 Å². The number of hydrogen-bond acceptors (Lipinski definition) is 6. The number of furan rings is 1. The molecule has 0 spiro atoms. The Morgan fingerprint density at radius 1 is 1.00 bits per heavy atom. The molecule has 0 aliphatic rings. The molecular formula is C29H30NO6-. The van der Waals surface area contributed by atoms with Crippen molar-refractivity contribution in [3.05, 3.63) is 69.3 Å². The molecule has 2 aromatic carbocycles. The zero-order chi connectivity index (χ0) is 26.0. The van der Waals surface area contributed by atoms with Crippen molar-refractivity contribution in [2.45, 2.75) is 65.8 Å². The number of aliphatic carboxylic acids is 1. The lowest BCUT2D eigenvalue weighted by Crippen LogP contribution is -2.47. The molecule has 7 nitrogen and oxygen atoms in total. The first-order valence-electron chi connectivity index (χ1n) is 12.3. The van der Waals surface area contributed by atoms with Crippen molar-refractivity contribution in [1.82, 2.24) is 5.32 Å². The minimum Gasteiger partial charge on any atom is -0.548 e. The van der Waals surface area contributed by atoms with Crippen molar-refractivity contribution in [2.24, 2.45) is 0 Å². The Morgan fingerprint density at radius 2 is 1.69 bits per heavy atom. The van der Waals surface area contributed by atoms with Crippen LogP contribution in [0.25, 0.3) is 33.1 Å². The molecule has 2 aromatic heterocycles. The molecule has 1 amide bonds. The minimum atomic E-state index is -1.30. The van der Waals surface area contributed by atoms with Crippen LogP contribution in [0.1, 0.15) is 55.1 Å². The van der Waals surface area contributed by atoms with Gasteiger partial charge >= 0.3 is 5.63 Å². The number of fused-ring (bicyclic) bond motifs is 2. The van der Waals surface area contributed by atoms with Crippen LogP contribution in [-0.2, 0) is 16.0 Å². The van der Waals surface area contributed by atoms with E-state index in [0.29, 0.717) is 29.6 Å². The average Bonchev–Trinajstić information content (AvgIpc) is 3.19. The van der Waals surface area contributed by atoms with Crippen LogP contribution in [0.5, 0.6) is 0 Å². The molecule has 7 heteroatoms. The Bertz CT molecular complexity index is 1500. The highest BCUT2D eigenvalue weighted by atomic mass is 16.4. The fraction of sp³-hybridized carbons (Fsp3) is 0.345. The summed E-state index contributed by atoms with van der Waals surface area (Å²) in [5.41, 5.74) is 4.52. The molecule has 0 saturated heterocycles. The average molecular weight is 489 g/mol. The van der Waals surface area contributed by atoms with E-state index in [4.69, 9.17) is 8.83 Å². The summed E-state index contributed by atoms with van der Waals surface area (Å²) in [7, 11) is 0. The Hall–Kier alpha value is -3.87. The van der Waals surface area contributed by atoms with Gasteiger partial charge in [-0.05, 0) is 50.8 Å². The van der Waals surface area contributed by atoms with Gasteiger partial charge in [-0.1, -0.05) is 50.1 Å². The van der Waals surface area contributed by atoms with Crippen LogP contribution in [0.2, 0.25) is 0 Å². The van der Waals surface area contributed by atoms with Gasteiger partial charge in [-0.25, -0.2) is 4.79 Å². The maximum Gasteiger partial charge on any atom is 0.339 e. The molecule has 188 valence electrons. The van der Waals surface area contributed by atoms with Gasteiger partial charge in [-0.2, -0.15) is 0 Å². The Balaban J connectivity index is 1.70. The van der Waals surface area contributed by atoms with Crippen molar-refractivity contribution >= 4 is 33.8 Å². The van der Waals surface area contributed by atoms with Crippen molar-refractivity contribution in [2.75, 3.05) is 0 Å². The molecule has 1 N–H and O–H groups in total. The van der Waals surface area contributed by atoms with Crippen LogP contribution < -0.4 is 16.0 Å². The molecule has 0 radical (unpaired) electrons. The first kappa shape index (κ1) is 25.2. The lowest BCUT2D eigenvalue weighted by molar-refractivity contribution is -0.308. The number of carbonyl (C=O) groups is 2. The number of rotatable bonds is 9. The second-order valence-corrected chi connectivity index (χ2v) is 9.23. The predicted octanol–water partition coefficient (Wildman–Crippen LogP) is 4.49. The lowest BCUT2D eigenvalue weighted by Gasteiger charge is -2.19. The topological polar surface area (TPSA) is 113 Å². The number of nitrogens with one attached hydrogen (secondary N) is 1. The summed E-state index contributed by atoms with van der Waals surface area (Å²) in [5.74, 6) is -0.970. The summed E-state index contributed by atoms with van der Waals surface area (Å²) in [5, 5.41) is 15.6. The van der Waals surface area contributed by atoms with Gasteiger partial charge in [0.25, 0.3) is 0 Å². The van der Waals surface area contributed by atoms with Gasteiger partial charge in [0.15, 0.2) is 0 Å².